The molecule has 0 aliphatic rings. The van der Waals surface area contributed by atoms with Gasteiger partial charge in [-0.25, -0.2) is 8.42 Å². The van der Waals surface area contributed by atoms with Crippen LogP contribution in [-0.4, -0.2) is 23.2 Å². The molecule has 0 saturated carbocycles. The maximum Gasteiger partial charge on any atom is 0.296 e. The third-order valence-corrected chi connectivity index (χ3v) is 4.81. The first-order chi connectivity index (χ1) is 9.86. The summed E-state index contributed by atoms with van der Waals surface area (Å²) in [5.74, 6) is 0.444. The number of rotatable bonds is 2. The van der Waals surface area contributed by atoms with Crippen molar-refractivity contribution in [2.75, 3.05) is 0 Å². The largest absolute Gasteiger partial charge is 0.300 e. The molecule has 2 aromatic carbocycles. The summed E-state index contributed by atoms with van der Waals surface area (Å²) in [4.78, 5) is 0. The summed E-state index contributed by atoms with van der Waals surface area (Å²) in [6.45, 7) is 0. The maximum atomic E-state index is 11.4. The van der Waals surface area contributed by atoms with E-state index in [0.29, 0.717) is 5.82 Å². The van der Waals surface area contributed by atoms with Crippen molar-refractivity contribution in [3.8, 4) is 11.4 Å². The zero-order valence-electron chi connectivity index (χ0n) is 10.8. The Morgan fingerprint density at radius 2 is 1.76 bits per heavy atom. The SMILES string of the molecule is Cn1c(-c2ccc3cc(Br)ccc3c2)nnc1S(=O)(=O)Cl. The highest BCUT2D eigenvalue weighted by Gasteiger charge is 2.21. The highest BCUT2D eigenvalue weighted by atomic mass is 79.9. The lowest BCUT2D eigenvalue weighted by Crippen LogP contribution is -2.02. The van der Waals surface area contributed by atoms with Gasteiger partial charge in [0.05, 0.1) is 0 Å². The van der Waals surface area contributed by atoms with Crippen LogP contribution in [0.3, 0.4) is 0 Å². The minimum absolute atomic E-state index is 0.268. The van der Waals surface area contributed by atoms with E-state index in [9.17, 15) is 8.42 Å². The number of benzene rings is 2. The Balaban J connectivity index is 2.17. The standard InChI is InChI=1S/C13H9BrClN3O2S/c1-18-12(16-17-13(18)21(15,19)20)10-3-2-9-7-11(14)5-4-8(9)6-10/h2-7H,1H3. The molecule has 0 N–H and O–H groups in total. The van der Waals surface area contributed by atoms with Gasteiger partial charge in [-0.1, -0.05) is 34.1 Å². The van der Waals surface area contributed by atoms with E-state index in [1.807, 2.05) is 36.4 Å². The molecule has 1 heterocycles. The molecule has 0 fully saturated rings. The van der Waals surface area contributed by atoms with Crippen molar-refractivity contribution in [2.45, 2.75) is 5.16 Å². The van der Waals surface area contributed by atoms with Crippen LogP contribution in [0.5, 0.6) is 0 Å². The molecule has 5 nitrogen and oxygen atoms in total. The molecular weight excluding hydrogens is 378 g/mol. The lowest BCUT2D eigenvalue weighted by Gasteiger charge is -2.04. The Kier molecular flexibility index (Phi) is 3.51. The Morgan fingerprint density at radius 3 is 2.43 bits per heavy atom. The van der Waals surface area contributed by atoms with Crippen LogP contribution >= 0.6 is 26.6 Å². The summed E-state index contributed by atoms with van der Waals surface area (Å²) < 4.78 is 25.1. The third kappa shape index (κ3) is 2.68. The van der Waals surface area contributed by atoms with E-state index in [-0.39, 0.29) is 5.16 Å². The monoisotopic (exact) mass is 385 g/mol. The molecule has 108 valence electrons. The van der Waals surface area contributed by atoms with E-state index in [1.54, 1.807) is 7.05 Å². The van der Waals surface area contributed by atoms with Crippen molar-refractivity contribution in [1.29, 1.82) is 0 Å². The van der Waals surface area contributed by atoms with Gasteiger partial charge < -0.3 is 0 Å². The van der Waals surface area contributed by atoms with E-state index in [0.717, 1.165) is 20.8 Å². The first-order valence-corrected chi connectivity index (χ1v) is 9.00. The van der Waals surface area contributed by atoms with Gasteiger partial charge in [-0.15, -0.1) is 10.2 Å². The van der Waals surface area contributed by atoms with Crippen LogP contribution in [0, 0.1) is 0 Å². The smallest absolute Gasteiger partial charge is 0.296 e. The normalized spacial score (nSPS) is 12.0. The number of nitrogens with zero attached hydrogens (tertiary/aromatic N) is 3. The van der Waals surface area contributed by atoms with Gasteiger partial charge in [0.1, 0.15) is 0 Å². The van der Waals surface area contributed by atoms with Crippen molar-refractivity contribution < 1.29 is 8.42 Å². The molecule has 0 atom stereocenters. The highest BCUT2D eigenvalue weighted by Crippen LogP contribution is 2.26. The lowest BCUT2D eigenvalue weighted by atomic mass is 10.1. The number of halogens is 2. The highest BCUT2D eigenvalue weighted by molar-refractivity contribution is 9.10. The molecule has 0 unspecified atom stereocenters. The van der Waals surface area contributed by atoms with E-state index in [4.69, 9.17) is 10.7 Å². The van der Waals surface area contributed by atoms with Gasteiger partial charge in [0.25, 0.3) is 14.2 Å². The molecule has 0 aliphatic heterocycles. The van der Waals surface area contributed by atoms with Crippen LogP contribution in [0.2, 0.25) is 0 Å². The summed E-state index contributed by atoms with van der Waals surface area (Å²) in [6, 6.07) is 11.7. The van der Waals surface area contributed by atoms with E-state index >= 15 is 0 Å². The predicted molar refractivity (Wildman–Crippen MR) is 84.7 cm³/mol. The molecular formula is C13H9BrClN3O2S. The summed E-state index contributed by atoms with van der Waals surface area (Å²) in [6.07, 6.45) is 0. The molecule has 21 heavy (non-hydrogen) atoms. The number of fused-ring (bicyclic) bond motifs is 1. The summed E-state index contributed by atoms with van der Waals surface area (Å²) >= 11 is 3.42. The first-order valence-electron chi connectivity index (χ1n) is 5.90. The zero-order valence-corrected chi connectivity index (χ0v) is 13.9. The van der Waals surface area contributed by atoms with Gasteiger partial charge in [0.15, 0.2) is 5.82 Å². The fourth-order valence-corrected chi connectivity index (χ4v) is 3.47. The van der Waals surface area contributed by atoms with E-state index < -0.39 is 9.05 Å². The van der Waals surface area contributed by atoms with Crippen molar-refractivity contribution in [1.82, 2.24) is 14.8 Å². The second-order valence-corrected chi connectivity index (χ2v) is 7.88. The van der Waals surface area contributed by atoms with Crippen LogP contribution in [0.25, 0.3) is 22.2 Å². The zero-order chi connectivity index (χ0) is 15.2. The molecule has 3 rings (SSSR count). The fourth-order valence-electron chi connectivity index (χ4n) is 2.13. The maximum absolute atomic E-state index is 11.4. The molecule has 3 aromatic rings. The molecule has 8 heteroatoms. The van der Waals surface area contributed by atoms with Crippen LogP contribution in [0.15, 0.2) is 46.0 Å². The van der Waals surface area contributed by atoms with Gasteiger partial charge in [0, 0.05) is 27.8 Å². The van der Waals surface area contributed by atoms with Gasteiger partial charge in [-0.05, 0) is 29.0 Å². The van der Waals surface area contributed by atoms with E-state index in [2.05, 4.69) is 26.1 Å². The van der Waals surface area contributed by atoms with Gasteiger partial charge >= 0.3 is 0 Å². The Labute approximate surface area is 134 Å². The predicted octanol–water partition coefficient (Wildman–Crippen LogP) is 3.33. The van der Waals surface area contributed by atoms with Gasteiger partial charge in [-0.2, -0.15) is 0 Å². The Bertz CT molecular complexity index is 953. The molecule has 0 aliphatic carbocycles. The summed E-state index contributed by atoms with van der Waals surface area (Å²) in [5, 5.41) is 9.38. The minimum atomic E-state index is -3.91. The molecule has 0 amide bonds. The third-order valence-electron chi connectivity index (χ3n) is 3.11. The van der Waals surface area contributed by atoms with Gasteiger partial charge in [-0.3, -0.25) is 4.57 Å². The second kappa shape index (κ2) is 5.08. The van der Waals surface area contributed by atoms with Crippen LogP contribution in [-0.2, 0) is 16.1 Å². The number of hydrogen-bond acceptors (Lipinski definition) is 4. The summed E-state index contributed by atoms with van der Waals surface area (Å²) in [7, 11) is 2.97. The molecule has 0 saturated heterocycles. The summed E-state index contributed by atoms with van der Waals surface area (Å²) in [5.41, 5.74) is 0.770. The van der Waals surface area contributed by atoms with Crippen molar-refractivity contribution in [3.05, 3.63) is 40.9 Å². The molecule has 0 bridgehead atoms. The Hall–Kier alpha value is -1.44. The topological polar surface area (TPSA) is 64.8 Å². The molecule has 0 spiro atoms. The minimum Gasteiger partial charge on any atom is -0.300 e. The van der Waals surface area contributed by atoms with Crippen LogP contribution in [0.4, 0.5) is 0 Å². The van der Waals surface area contributed by atoms with Crippen LogP contribution in [0.1, 0.15) is 0 Å². The fraction of sp³-hybridized carbons (Fsp3) is 0.0769. The lowest BCUT2D eigenvalue weighted by molar-refractivity contribution is 0.593. The Morgan fingerprint density at radius 1 is 1.10 bits per heavy atom. The number of aromatic nitrogens is 3. The average Bonchev–Trinajstić information content (AvgIpc) is 2.80. The van der Waals surface area contributed by atoms with Crippen molar-refractivity contribution in [2.24, 2.45) is 7.05 Å². The second-order valence-electron chi connectivity index (χ2n) is 4.51. The number of hydrogen-bond donors (Lipinski definition) is 0. The van der Waals surface area contributed by atoms with Crippen LogP contribution < -0.4 is 0 Å². The van der Waals surface area contributed by atoms with Gasteiger partial charge in [0.2, 0.25) is 0 Å². The quantitative estimate of drug-likeness (QED) is 0.634. The molecule has 1 aromatic heterocycles. The van der Waals surface area contributed by atoms with Crippen molar-refractivity contribution in [3.63, 3.8) is 0 Å². The van der Waals surface area contributed by atoms with E-state index in [1.165, 1.54) is 4.57 Å². The average molecular weight is 387 g/mol. The molecule has 0 radical (unpaired) electrons. The first kappa shape index (κ1) is 14.5. The van der Waals surface area contributed by atoms with Crippen molar-refractivity contribution >= 4 is 46.4 Å².